The van der Waals surface area contributed by atoms with E-state index in [0.717, 1.165) is 18.2 Å². The highest BCUT2D eigenvalue weighted by molar-refractivity contribution is 5.94. The summed E-state index contributed by atoms with van der Waals surface area (Å²) in [6, 6.07) is 7.16. The summed E-state index contributed by atoms with van der Waals surface area (Å²) >= 11 is 0. The van der Waals surface area contributed by atoms with Gasteiger partial charge in [0, 0.05) is 11.1 Å². The lowest BCUT2D eigenvalue weighted by molar-refractivity contribution is 0.269. The summed E-state index contributed by atoms with van der Waals surface area (Å²) in [5.41, 5.74) is 5.56. The van der Waals surface area contributed by atoms with Gasteiger partial charge in [-0.25, -0.2) is 13.2 Å². The number of rotatable bonds is 4. The molecule has 0 aromatic heterocycles. The van der Waals surface area contributed by atoms with Crippen molar-refractivity contribution in [3.63, 3.8) is 0 Å². The van der Waals surface area contributed by atoms with Crippen LogP contribution in [0.1, 0.15) is 11.1 Å². The summed E-state index contributed by atoms with van der Waals surface area (Å²) in [7, 11) is 0. The quantitative estimate of drug-likeness (QED) is 0.668. The van der Waals surface area contributed by atoms with Crippen LogP contribution >= 0.6 is 0 Å². The molecule has 0 bridgehead atoms. The minimum atomic E-state index is -0.856. The van der Waals surface area contributed by atoms with Gasteiger partial charge in [0.2, 0.25) is 0 Å². The van der Waals surface area contributed by atoms with E-state index in [2.05, 4.69) is 0 Å². The molecule has 0 saturated carbocycles. The van der Waals surface area contributed by atoms with Gasteiger partial charge in [0.15, 0.2) is 17.4 Å². The largest absolute Gasteiger partial charge is 0.483 e. The Balaban J connectivity index is 2.17. The predicted octanol–water partition coefficient (Wildman–Crippen LogP) is 2.97. The molecule has 0 saturated heterocycles. The normalized spacial score (nSPS) is 10.3. The molecular formula is C14H11F3N2O. The van der Waals surface area contributed by atoms with Gasteiger partial charge in [-0.2, -0.15) is 0 Å². The second-order valence-electron chi connectivity index (χ2n) is 4.06. The second kappa shape index (κ2) is 5.64. The average Bonchev–Trinajstić information content (AvgIpc) is 2.39. The van der Waals surface area contributed by atoms with Crippen LogP contribution in [0.4, 0.5) is 13.2 Å². The molecule has 0 unspecified atom stereocenters. The number of amidine groups is 1. The Hall–Kier alpha value is -2.50. The lowest BCUT2D eigenvalue weighted by Gasteiger charge is -2.09. The van der Waals surface area contributed by atoms with E-state index in [-0.39, 0.29) is 23.6 Å². The molecule has 0 aliphatic rings. The van der Waals surface area contributed by atoms with Crippen molar-refractivity contribution in [1.29, 1.82) is 5.41 Å². The first-order valence-electron chi connectivity index (χ1n) is 5.68. The van der Waals surface area contributed by atoms with Gasteiger partial charge in [-0.15, -0.1) is 0 Å². The van der Waals surface area contributed by atoms with E-state index in [1.807, 2.05) is 0 Å². The van der Waals surface area contributed by atoms with Crippen LogP contribution in [0.25, 0.3) is 0 Å². The maximum Gasteiger partial charge on any atom is 0.191 e. The zero-order valence-corrected chi connectivity index (χ0v) is 10.3. The van der Waals surface area contributed by atoms with Gasteiger partial charge in [-0.3, -0.25) is 5.41 Å². The van der Waals surface area contributed by atoms with Crippen LogP contribution in [0.3, 0.4) is 0 Å². The minimum Gasteiger partial charge on any atom is -0.483 e. The summed E-state index contributed by atoms with van der Waals surface area (Å²) in [5.74, 6) is -3.19. The molecule has 0 radical (unpaired) electrons. The first-order valence-corrected chi connectivity index (χ1v) is 5.68. The molecule has 0 atom stereocenters. The van der Waals surface area contributed by atoms with E-state index in [1.165, 1.54) is 18.2 Å². The molecule has 0 aliphatic carbocycles. The molecule has 104 valence electrons. The molecular weight excluding hydrogens is 269 g/mol. The van der Waals surface area contributed by atoms with Crippen LogP contribution in [-0.4, -0.2) is 5.84 Å². The molecule has 0 aliphatic heterocycles. The highest BCUT2D eigenvalue weighted by Crippen LogP contribution is 2.22. The van der Waals surface area contributed by atoms with Gasteiger partial charge >= 0.3 is 0 Å². The number of nitrogens with one attached hydrogen (secondary N) is 1. The van der Waals surface area contributed by atoms with Gasteiger partial charge < -0.3 is 10.5 Å². The van der Waals surface area contributed by atoms with E-state index in [1.54, 1.807) is 0 Å². The van der Waals surface area contributed by atoms with Crippen molar-refractivity contribution in [2.45, 2.75) is 6.61 Å². The van der Waals surface area contributed by atoms with Crippen molar-refractivity contribution in [3.05, 3.63) is 65.0 Å². The van der Waals surface area contributed by atoms with Crippen LogP contribution in [-0.2, 0) is 6.61 Å². The second-order valence-corrected chi connectivity index (χ2v) is 4.06. The number of nitrogens with two attached hydrogens (primary N) is 1. The van der Waals surface area contributed by atoms with Crippen LogP contribution in [0.2, 0.25) is 0 Å². The van der Waals surface area contributed by atoms with E-state index in [4.69, 9.17) is 15.9 Å². The predicted molar refractivity (Wildman–Crippen MR) is 68.1 cm³/mol. The molecule has 6 heteroatoms. The Labute approximate surface area is 113 Å². The highest BCUT2D eigenvalue weighted by atomic mass is 19.1. The Bertz CT molecular complexity index is 639. The lowest BCUT2D eigenvalue weighted by Crippen LogP contribution is -2.12. The van der Waals surface area contributed by atoms with E-state index < -0.39 is 23.2 Å². The van der Waals surface area contributed by atoms with E-state index >= 15 is 0 Å². The number of hydrogen-bond acceptors (Lipinski definition) is 2. The Kier molecular flexibility index (Phi) is 3.93. The third-order valence-corrected chi connectivity index (χ3v) is 2.66. The van der Waals surface area contributed by atoms with E-state index in [9.17, 15) is 13.2 Å². The van der Waals surface area contributed by atoms with E-state index in [0.29, 0.717) is 0 Å². The number of nitrogen functional groups attached to an aromatic ring is 1. The molecule has 0 fully saturated rings. The lowest BCUT2D eigenvalue weighted by atomic mass is 10.1. The van der Waals surface area contributed by atoms with Crippen LogP contribution < -0.4 is 10.5 Å². The van der Waals surface area contributed by atoms with Gasteiger partial charge in [0.05, 0.1) is 0 Å². The molecule has 2 aromatic carbocycles. The summed E-state index contributed by atoms with van der Waals surface area (Å²) in [4.78, 5) is 0. The molecule has 20 heavy (non-hydrogen) atoms. The first-order chi connectivity index (χ1) is 9.49. The summed E-state index contributed by atoms with van der Waals surface area (Å²) < 4.78 is 45.3. The van der Waals surface area contributed by atoms with Crippen molar-refractivity contribution < 1.29 is 17.9 Å². The van der Waals surface area contributed by atoms with Crippen molar-refractivity contribution in [1.82, 2.24) is 0 Å². The Morgan fingerprint density at radius 1 is 1.05 bits per heavy atom. The first kappa shape index (κ1) is 13.9. The maximum absolute atomic E-state index is 13.7. The number of hydrogen-bond donors (Lipinski definition) is 2. The third kappa shape index (κ3) is 2.90. The summed E-state index contributed by atoms with van der Waals surface area (Å²) in [5, 5.41) is 7.18. The molecule has 2 rings (SSSR count). The molecule has 2 aromatic rings. The average molecular weight is 280 g/mol. The van der Waals surface area contributed by atoms with Crippen LogP contribution in [0, 0.1) is 22.9 Å². The number of para-hydroxylation sites is 1. The van der Waals surface area contributed by atoms with Gasteiger partial charge in [0.25, 0.3) is 0 Å². The topological polar surface area (TPSA) is 59.1 Å². The third-order valence-electron chi connectivity index (χ3n) is 2.66. The fraction of sp³-hybridized carbons (Fsp3) is 0.0714. The standard InChI is InChI=1S/C14H11F3N2O/c15-10-2-1-3-11(16)13(10)20-7-9-5-4-8(14(18)19)6-12(9)17/h1-6H,7H2,(H3,18,19). The Morgan fingerprint density at radius 3 is 2.25 bits per heavy atom. The summed E-state index contributed by atoms with van der Waals surface area (Å²) in [6.07, 6.45) is 0. The van der Waals surface area contributed by atoms with Crippen molar-refractivity contribution in [2.24, 2.45) is 5.73 Å². The van der Waals surface area contributed by atoms with Crippen LogP contribution in [0.5, 0.6) is 5.75 Å². The monoisotopic (exact) mass is 280 g/mol. The zero-order valence-electron chi connectivity index (χ0n) is 10.3. The number of halogens is 3. The summed E-state index contributed by atoms with van der Waals surface area (Å²) in [6.45, 7) is -0.331. The van der Waals surface area contributed by atoms with Gasteiger partial charge in [-0.1, -0.05) is 18.2 Å². The minimum absolute atomic E-state index is 0.109. The fourth-order valence-electron chi connectivity index (χ4n) is 1.60. The molecule has 3 nitrogen and oxygen atoms in total. The van der Waals surface area contributed by atoms with Crippen molar-refractivity contribution in [2.75, 3.05) is 0 Å². The molecule has 0 spiro atoms. The SMILES string of the molecule is N=C(N)c1ccc(COc2c(F)cccc2F)c(F)c1. The number of benzene rings is 2. The Morgan fingerprint density at radius 2 is 1.70 bits per heavy atom. The molecule has 0 amide bonds. The zero-order chi connectivity index (χ0) is 14.7. The number of ether oxygens (including phenoxy) is 1. The molecule has 0 heterocycles. The maximum atomic E-state index is 13.7. The highest BCUT2D eigenvalue weighted by Gasteiger charge is 2.11. The van der Waals surface area contributed by atoms with Crippen molar-refractivity contribution in [3.8, 4) is 5.75 Å². The molecule has 3 N–H and O–H groups in total. The van der Waals surface area contributed by atoms with Crippen LogP contribution in [0.15, 0.2) is 36.4 Å². The van der Waals surface area contributed by atoms with Gasteiger partial charge in [-0.05, 0) is 18.2 Å². The smallest absolute Gasteiger partial charge is 0.191 e. The fourth-order valence-corrected chi connectivity index (χ4v) is 1.60. The van der Waals surface area contributed by atoms with Crippen molar-refractivity contribution >= 4 is 5.84 Å². The van der Waals surface area contributed by atoms with Gasteiger partial charge in [0.1, 0.15) is 18.3 Å².